The molecule has 1 amide bonds. The molecule has 1 aliphatic heterocycles. The number of aromatic nitrogens is 2. The summed E-state index contributed by atoms with van der Waals surface area (Å²) in [5.74, 6) is 0.00454. The molecule has 1 N–H and O–H groups in total. The van der Waals surface area contributed by atoms with Gasteiger partial charge in [0, 0.05) is 24.5 Å². The van der Waals surface area contributed by atoms with Gasteiger partial charge in [-0.15, -0.1) is 0 Å². The predicted octanol–water partition coefficient (Wildman–Crippen LogP) is 3.89. The van der Waals surface area contributed by atoms with E-state index in [-0.39, 0.29) is 11.9 Å². The lowest BCUT2D eigenvalue weighted by molar-refractivity contribution is -0.00645. The van der Waals surface area contributed by atoms with Crippen LogP contribution in [0, 0.1) is 6.92 Å². The molecule has 0 aliphatic carbocycles. The van der Waals surface area contributed by atoms with Gasteiger partial charge < -0.3 is 10.0 Å². The molecule has 29 heavy (non-hydrogen) atoms. The molecule has 1 unspecified atom stereocenters. The van der Waals surface area contributed by atoms with E-state index < -0.39 is 5.60 Å². The summed E-state index contributed by atoms with van der Waals surface area (Å²) in [7, 11) is 0. The van der Waals surface area contributed by atoms with Crippen LogP contribution in [0.1, 0.15) is 53.4 Å². The van der Waals surface area contributed by atoms with Crippen molar-refractivity contribution in [3.63, 3.8) is 0 Å². The van der Waals surface area contributed by atoms with Gasteiger partial charge in [0.1, 0.15) is 0 Å². The monoisotopic (exact) mass is 389 g/mol. The van der Waals surface area contributed by atoms with Crippen molar-refractivity contribution < 1.29 is 9.90 Å². The molecule has 0 spiro atoms. The van der Waals surface area contributed by atoms with E-state index >= 15 is 0 Å². The molecule has 3 aromatic rings. The molecular weight excluding hydrogens is 362 g/mol. The van der Waals surface area contributed by atoms with Crippen molar-refractivity contribution in [3.05, 3.63) is 82.7 Å². The molecule has 1 aromatic heterocycles. The Labute approximate surface area is 171 Å². The lowest BCUT2D eigenvalue weighted by atomic mass is 9.95. The molecule has 0 radical (unpaired) electrons. The van der Waals surface area contributed by atoms with Gasteiger partial charge in [0.15, 0.2) is 0 Å². The average Bonchev–Trinajstić information content (AvgIpc) is 3.31. The Kier molecular flexibility index (Phi) is 4.79. The van der Waals surface area contributed by atoms with E-state index in [4.69, 9.17) is 0 Å². The van der Waals surface area contributed by atoms with E-state index in [9.17, 15) is 9.90 Å². The zero-order valence-electron chi connectivity index (χ0n) is 17.4. The van der Waals surface area contributed by atoms with Gasteiger partial charge in [0.25, 0.3) is 5.91 Å². The number of benzene rings is 2. The number of rotatable bonds is 5. The highest BCUT2D eigenvalue weighted by Gasteiger charge is 2.37. The topological polar surface area (TPSA) is 58.4 Å². The third-order valence-electron chi connectivity index (χ3n) is 5.98. The van der Waals surface area contributed by atoms with Crippen LogP contribution in [0.15, 0.2) is 54.9 Å². The van der Waals surface area contributed by atoms with Gasteiger partial charge in [-0.1, -0.05) is 18.2 Å². The fraction of sp³-hybridized carbons (Fsp3) is 0.333. The van der Waals surface area contributed by atoms with Gasteiger partial charge in [-0.3, -0.25) is 4.79 Å². The quantitative estimate of drug-likeness (QED) is 0.720. The Bertz CT molecular complexity index is 1030. The van der Waals surface area contributed by atoms with Crippen molar-refractivity contribution >= 4 is 5.91 Å². The number of carbonyl (C=O) groups excluding carboxylic acids is 1. The zero-order chi connectivity index (χ0) is 20.8. The minimum absolute atomic E-state index is 0.00454. The van der Waals surface area contributed by atoms with Gasteiger partial charge in [-0.05, 0) is 80.6 Å². The highest BCUT2D eigenvalue weighted by Crippen LogP contribution is 2.31. The summed E-state index contributed by atoms with van der Waals surface area (Å²) in [6.07, 6.45) is 4.46. The molecule has 150 valence electrons. The fourth-order valence-corrected chi connectivity index (χ4v) is 3.85. The Morgan fingerprint density at radius 3 is 2.55 bits per heavy atom. The molecule has 0 saturated heterocycles. The largest absolute Gasteiger partial charge is 0.388 e. The normalized spacial score (nSPS) is 14.9. The second kappa shape index (κ2) is 7.16. The average molecular weight is 389 g/mol. The van der Waals surface area contributed by atoms with Gasteiger partial charge in [0.05, 0.1) is 17.3 Å². The highest BCUT2D eigenvalue weighted by atomic mass is 16.3. The van der Waals surface area contributed by atoms with E-state index in [2.05, 4.69) is 42.4 Å². The third-order valence-corrected chi connectivity index (χ3v) is 5.98. The molecule has 2 aromatic carbocycles. The van der Waals surface area contributed by atoms with E-state index in [0.717, 1.165) is 28.8 Å². The van der Waals surface area contributed by atoms with Crippen LogP contribution in [0.3, 0.4) is 0 Å². The summed E-state index contributed by atoms with van der Waals surface area (Å²) in [6, 6.07) is 14.1. The van der Waals surface area contributed by atoms with Crippen LogP contribution >= 0.6 is 0 Å². The van der Waals surface area contributed by atoms with Gasteiger partial charge >= 0.3 is 0 Å². The molecule has 2 heterocycles. The number of amides is 1. The van der Waals surface area contributed by atoms with E-state index in [1.807, 2.05) is 29.9 Å². The van der Waals surface area contributed by atoms with Gasteiger partial charge in [0.2, 0.25) is 0 Å². The Morgan fingerprint density at radius 2 is 1.93 bits per heavy atom. The highest BCUT2D eigenvalue weighted by molar-refractivity contribution is 5.99. The predicted molar refractivity (Wildman–Crippen MR) is 113 cm³/mol. The summed E-state index contributed by atoms with van der Waals surface area (Å²) in [4.78, 5) is 14.8. The number of aryl methyl sites for hydroxylation is 1. The van der Waals surface area contributed by atoms with Crippen LogP contribution in [-0.4, -0.2) is 37.3 Å². The molecule has 0 saturated carbocycles. The number of aliphatic hydroxyl groups is 1. The molecule has 5 nitrogen and oxygen atoms in total. The number of hydrogen-bond acceptors (Lipinski definition) is 3. The van der Waals surface area contributed by atoms with Crippen molar-refractivity contribution in [1.82, 2.24) is 14.7 Å². The smallest absolute Gasteiger partial charge is 0.254 e. The lowest BCUT2D eigenvalue weighted by Crippen LogP contribution is -2.47. The number of fused-ring (bicyclic) bond motifs is 1. The van der Waals surface area contributed by atoms with Gasteiger partial charge in [-0.2, -0.15) is 5.10 Å². The molecule has 1 aliphatic rings. The van der Waals surface area contributed by atoms with Gasteiger partial charge in [-0.25, -0.2) is 4.68 Å². The molecule has 5 heteroatoms. The molecule has 0 bridgehead atoms. The van der Waals surface area contributed by atoms with Crippen LogP contribution in [0.5, 0.6) is 0 Å². The maximum absolute atomic E-state index is 13.0. The first-order chi connectivity index (χ1) is 13.7. The first kappa shape index (κ1) is 19.4. The maximum Gasteiger partial charge on any atom is 0.254 e. The summed E-state index contributed by atoms with van der Waals surface area (Å²) in [5, 5.41) is 14.6. The second-order valence-electron chi connectivity index (χ2n) is 8.49. The number of nitrogens with zero attached hydrogens (tertiary/aromatic N) is 3. The van der Waals surface area contributed by atoms with Crippen molar-refractivity contribution in [3.8, 4) is 5.69 Å². The summed E-state index contributed by atoms with van der Waals surface area (Å²) in [5.41, 5.74) is 5.42. The summed E-state index contributed by atoms with van der Waals surface area (Å²) < 4.78 is 1.83. The van der Waals surface area contributed by atoms with E-state index in [1.54, 1.807) is 24.9 Å². The minimum Gasteiger partial charge on any atom is -0.388 e. The van der Waals surface area contributed by atoms with Crippen LogP contribution in [0.25, 0.3) is 5.69 Å². The summed E-state index contributed by atoms with van der Waals surface area (Å²) >= 11 is 0. The first-order valence-corrected chi connectivity index (χ1v) is 9.99. The Balaban J connectivity index is 1.57. The first-order valence-electron chi connectivity index (χ1n) is 9.99. The van der Waals surface area contributed by atoms with Crippen molar-refractivity contribution in [2.45, 2.75) is 52.3 Å². The fourth-order valence-electron chi connectivity index (χ4n) is 3.85. The third kappa shape index (κ3) is 3.70. The summed E-state index contributed by atoms with van der Waals surface area (Å²) in [6.45, 7) is 8.05. The lowest BCUT2D eigenvalue weighted by Gasteiger charge is -2.33. The van der Waals surface area contributed by atoms with E-state index in [1.165, 1.54) is 11.1 Å². The molecule has 1 atom stereocenters. The van der Waals surface area contributed by atoms with Crippen molar-refractivity contribution in [2.24, 2.45) is 0 Å². The molecule has 0 fully saturated rings. The maximum atomic E-state index is 13.0. The van der Waals surface area contributed by atoms with Crippen LogP contribution in [0.2, 0.25) is 0 Å². The van der Waals surface area contributed by atoms with E-state index in [0.29, 0.717) is 6.54 Å². The zero-order valence-corrected chi connectivity index (χ0v) is 17.4. The van der Waals surface area contributed by atoms with Crippen LogP contribution < -0.4 is 0 Å². The Hall–Kier alpha value is -2.92. The SMILES string of the molecule is Cc1cc2c(cc1Cc1ccc(-n3cccn3)cc1)C(=O)N(C(C)C(C)(C)O)C2. The number of carbonyl (C=O) groups is 1. The Morgan fingerprint density at radius 1 is 1.21 bits per heavy atom. The molecule has 4 rings (SSSR count). The number of hydrogen-bond donors (Lipinski definition) is 1. The van der Waals surface area contributed by atoms with Crippen LogP contribution in [0.4, 0.5) is 0 Å². The van der Waals surface area contributed by atoms with Crippen molar-refractivity contribution in [2.75, 3.05) is 0 Å². The standard InChI is InChI=1S/C24H27N3O2/c1-16-12-20-15-26(17(2)24(3,4)29)23(28)22(20)14-19(16)13-18-6-8-21(9-7-18)27-11-5-10-25-27/h5-12,14,17,29H,13,15H2,1-4H3. The molecular formula is C24H27N3O2. The van der Waals surface area contributed by atoms with Crippen LogP contribution in [-0.2, 0) is 13.0 Å². The minimum atomic E-state index is -0.939. The second-order valence-corrected chi connectivity index (χ2v) is 8.49. The van der Waals surface area contributed by atoms with Crippen molar-refractivity contribution in [1.29, 1.82) is 0 Å².